The van der Waals surface area contributed by atoms with Crippen LogP contribution in [0.2, 0.25) is 0 Å². The third kappa shape index (κ3) is 4.17. The molecule has 2 unspecified atom stereocenters. The van der Waals surface area contributed by atoms with Crippen molar-refractivity contribution in [1.82, 2.24) is 5.32 Å². The van der Waals surface area contributed by atoms with Crippen molar-refractivity contribution in [1.29, 1.82) is 0 Å². The molecule has 28 heavy (non-hydrogen) atoms. The number of carbonyl (C=O) groups is 1. The molecular weight excluding hydrogens is 354 g/mol. The van der Waals surface area contributed by atoms with E-state index in [9.17, 15) is 15.0 Å². The van der Waals surface area contributed by atoms with E-state index < -0.39 is 17.9 Å². The summed E-state index contributed by atoms with van der Waals surface area (Å²) in [4.78, 5) is 11.7. The van der Waals surface area contributed by atoms with E-state index in [-0.39, 0.29) is 12.5 Å². The third-order valence-corrected chi connectivity index (χ3v) is 5.38. The van der Waals surface area contributed by atoms with Gasteiger partial charge >= 0.3 is 5.97 Å². The number of benzene rings is 2. The Morgan fingerprint density at radius 3 is 2.32 bits per heavy atom. The number of ether oxygens (including phenoxy) is 1. The van der Waals surface area contributed by atoms with Gasteiger partial charge in [-0.1, -0.05) is 54.6 Å². The minimum absolute atomic E-state index is 0.000648. The molecule has 1 aliphatic carbocycles. The fourth-order valence-corrected chi connectivity index (χ4v) is 3.78. The lowest BCUT2D eigenvalue weighted by Crippen LogP contribution is -2.54. The van der Waals surface area contributed by atoms with Gasteiger partial charge in [0.05, 0.1) is 6.61 Å². The SMILES string of the molecule is C=CCCCC(C)(NC(O)OCC1c2ccccc2-c2ccccc21)C(=O)O. The summed E-state index contributed by atoms with van der Waals surface area (Å²) in [5.74, 6) is -1.02. The van der Waals surface area contributed by atoms with Crippen LogP contribution in [0.3, 0.4) is 0 Å². The first kappa shape index (κ1) is 20.3. The maximum Gasteiger partial charge on any atom is 0.323 e. The Morgan fingerprint density at radius 2 is 1.79 bits per heavy atom. The Labute approximate surface area is 165 Å². The van der Waals surface area contributed by atoms with Crippen LogP contribution < -0.4 is 5.32 Å². The summed E-state index contributed by atoms with van der Waals surface area (Å²) in [5.41, 5.74) is 3.39. The van der Waals surface area contributed by atoms with Gasteiger partial charge in [-0.25, -0.2) is 0 Å². The summed E-state index contributed by atoms with van der Waals surface area (Å²) in [7, 11) is 0. The van der Waals surface area contributed by atoms with Gasteiger partial charge in [0.25, 0.3) is 0 Å². The van der Waals surface area contributed by atoms with Gasteiger partial charge in [-0.15, -0.1) is 6.58 Å². The summed E-state index contributed by atoms with van der Waals surface area (Å²) in [5, 5.41) is 22.6. The van der Waals surface area contributed by atoms with E-state index in [0.29, 0.717) is 12.8 Å². The number of aliphatic hydroxyl groups excluding tert-OH is 1. The van der Waals surface area contributed by atoms with Crippen LogP contribution in [0.15, 0.2) is 61.2 Å². The number of fused-ring (bicyclic) bond motifs is 3. The molecule has 3 rings (SSSR count). The average molecular weight is 381 g/mol. The summed E-state index contributed by atoms with van der Waals surface area (Å²) in [6.07, 6.45) is 2.13. The first-order chi connectivity index (χ1) is 13.5. The lowest BCUT2D eigenvalue weighted by atomic mass is 9.95. The van der Waals surface area contributed by atoms with Crippen LogP contribution in [0.1, 0.15) is 43.2 Å². The minimum Gasteiger partial charge on any atom is -0.480 e. The third-order valence-electron chi connectivity index (χ3n) is 5.38. The number of hydrogen-bond donors (Lipinski definition) is 3. The molecule has 0 heterocycles. The summed E-state index contributed by atoms with van der Waals surface area (Å²) in [6, 6.07) is 16.3. The number of rotatable bonds is 10. The predicted molar refractivity (Wildman–Crippen MR) is 109 cm³/mol. The Hall–Kier alpha value is -2.47. The average Bonchev–Trinajstić information content (AvgIpc) is 3.00. The minimum atomic E-state index is -1.37. The first-order valence-electron chi connectivity index (χ1n) is 9.56. The van der Waals surface area contributed by atoms with E-state index in [1.54, 1.807) is 13.0 Å². The van der Waals surface area contributed by atoms with Gasteiger partial charge in [-0.05, 0) is 48.4 Å². The molecule has 0 saturated carbocycles. The zero-order chi connectivity index (χ0) is 20.1. The Morgan fingerprint density at radius 1 is 1.21 bits per heavy atom. The molecule has 0 saturated heterocycles. The van der Waals surface area contributed by atoms with Crippen LogP contribution in [0, 0.1) is 0 Å². The molecular formula is C23H27NO4. The molecule has 148 valence electrons. The fraction of sp³-hybridized carbons (Fsp3) is 0.348. The molecule has 5 nitrogen and oxygen atoms in total. The van der Waals surface area contributed by atoms with E-state index in [4.69, 9.17) is 4.74 Å². The number of hydrogen-bond acceptors (Lipinski definition) is 4. The van der Waals surface area contributed by atoms with Gasteiger partial charge < -0.3 is 14.9 Å². The van der Waals surface area contributed by atoms with Crippen molar-refractivity contribution < 1.29 is 19.7 Å². The molecule has 2 aromatic rings. The quantitative estimate of drug-likeness (QED) is 0.331. The molecule has 2 aromatic carbocycles. The van der Waals surface area contributed by atoms with Crippen molar-refractivity contribution in [2.24, 2.45) is 0 Å². The van der Waals surface area contributed by atoms with Crippen LogP contribution in [0.5, 0.6) is 0 Å². The topological polar surface area (TPSA) is 78.8 Å². The molecule has 0 aromatic heterocycles. The Bertz CT molecular complexity index is 805. The highest BCUT2D eigenvalue weighted by molar-refractivity contribution is 5.79. The van der Waals surface area contributed by atoms with Gasteiger partial charge in [0, 0.05) is 5.92 Å². The number of aliphatic hydroxyl groups is 1. The van der Waals surface area contributed by atoms with Crippen molar-refractivity contribution in [2.75, 3.05) is 6.61 Å². The number of carboxylic acids is 1. The standard InChI is InChI=1S/C23H27NO4/c1-3-4-9-14-23(2,21(25)26)24-22(27)28-15-20-18-12-7-5-10-16(18)17-11-6-8-13-19(17)20/h3,5-8,10-13,20,22,24,27H,1,4,9,14-15H2,2H3,(H,25,26). The first-order valence-corrected chi connectivity index (χ1v) is 9.56. The number of allylic oxidation sites excluding steroid dienone is 1. The number of aliphatic carboxylic acids is 1. The highest BCUT2D eigenvalue weighted by atomic mass is 16.6. The highest BCUT2D eigenvalue weighted by Crippen LogP contribution is 2.44. The zero-order valence-electron chi connectivity index (χ0n) is 16.1. The van der Waals surface area contributed by atoms with Crippen molar-refractivity contribution in [2.45, 2.75) is 44.1 Å². The fourth-order valence-electron chi connectivity index (χ4n) is 3.78. The molecule has 0 aliphatic heterocycles. The molecule has 0 amide bonds. The van der Waals surface area contributed by atoms with Crippen LogP contribution >= 0.6 is 0 Å². The van der Waals surface area contributed by atoms with Crippen molar-refractivity contribution in [3.63, 3.8) is 0 Å². The highest BCUT2D eigenvalue weighted by Gasteiger charge is 2.35. The Balaban J connectivity index is 1.68. The monoisotopic (exact) mass is 381 g/mol. The van der Waals surface area contributed by atoms with Gasteiger partial charge in [0.1, 0.15) is 5.54 Å². The van der Waals surface area contributed by atoms with Crippen LogP contribution in [-0.2, 0) is 9.53 Å². The second-order valence-electron chi connectivity index (χ2n) is 7.38. The van der Waals surface area contributed by atoms with E-state index in [1.807, 2.05) is 24.3 Å². The Kier molecular flexibility index (Phi) is 6.29. The van der Waals surface area contributed by atoms with Crippen molar-refractivity contribution >= 4 is 5.97 Å². The van der Waals surface area contributed by atoms with Gasteiger partial charge in [-0.3, -0.25) is 10.1 Å². The molecule has 0 bridgehead atoms. The van der Waals surface area contributed by atoms with Gasteiger partial charge in [-0.2, -0.15) is 0 Å². The number of unbranched alkanes of at least 4 members (excludes halogenated alkanes) is 1. The molecule has 3 N–H and O–H groups in total. The zero-order valence-corrected chi connectivity index (χ0v) is 16.1. The molecule has 2 atom stereocenters. The normalized spacial score (nSPS) is 16.1. The molecule has 0 radical (unpaired) electrons. The largest absolute Gasteiger partial charge is 0.480 e. The van der Waals surface area contributed by atoms with Gasteiger partial charge in [0.15, 0.2) is 0 Å². The number of nitrogens with one attached hydrogen (secondary N) is 1. The number of carboxylic acid groups (broad SMARTS) is 1. The molecule has 1 aliphatic rings. The van der Waals surface area contributed by atoms with Crippen LogP contribution in [-0.4, -0.2) is 34.7 Å². The van der Waals surface area contributed by atoms with E-state index in [2.05, 4.69) is 36.2 Å². The second-order valence-corrected chi connectivity index (χ2v) is 7.38. The summed E-state index contributed by atoms with van der Waals surface area (Å²) >= 11 is 0. The van der Waals surface area contributed by atoms with Crippen LogP contribution in [0.4, 0.5) is 0 Å². The molecule has 5 heteroatoms. The molecule has 0 fully saturated rings. The summed E-state index contributed by atoms with van der Waals surface area (Å²) in [6.45, 7) is 5.47. The molecule has 0 spiro atoms. The van der Waals surface area contributed by atoms with E-state index in [0.717, 1.165) is 17.5 Å². The van der Waals surface area contributed by atoms with Gasteiger partial charge in [0.2, 0.25) is 6.41 Å². The smallest absolute Gasteiger partial charge is 0.323 e. The lowest BCUT2D eigenvalue weighted by molar-refractivity contribution is -0.162. The maximum absolute atomic E-state index is 11.7. The lowest BCUT2D eigenvalue weighted by Gasteiger charge is -2.29. The maximum atomic E-state index is 11.7. The van der Waals surface area contributed by atoms with E-state index in [1.165, 1.54) is 11.1 Å². The van der Waals surface area contributed by atoms with E-state index >= 15 is 0 Å². The predicted octanol–water partition coefficient (Wildman–Crippen LogP) is 3.88. The summed E-state index contributed by atoms with van der Waals surface area (Å²) < 4.78 is 5.65. The second kappa shape index (κ2) is 8.69. The van der Waals surface area contributed by atoms with Crippen molar-refractivity contribution in [3.05, 3.63) is 72.3 Å². The van der Waals surface area contributed by atoms with Crippen LogP contribution in [0.25, 0.3) is 11.1 Å². The van der Waals surface area contributed by atoms with Crippen molar-refractivity contribution in [3.8, 4) is 11.1 Å².